The van der Waals surface area contributed by atoms with E-state index in [-0.39, 0.29) is 5.91 Å². The van der Waals surface area contributed by atoms with Crippen molar-refractivity contribution in [1.82, 2.24) is 19.8 Å². The number of rotatable bonds is 4. The van der Waals surface area contributed by atoms with Gasteiger partial charge in [-0.25, -0.2) is 0 Å². The first kappa shape index (κ1) is 18.5. The fourth-order valence-electron chi connectivity index (χ4n) is 3.89. The fraction of sp³-hybridized carbons (Fsp3) is 0.409. The monoisotopic (exact) mass is 378 g/mol. The number of aromatic nitrogens is 3. The molecule has 0 radical (unpaired) electrons. The Bertz CT molecular complexity index is 972. The summed E-state index contributed by atoms with van der Waals surface area (Å²) in [4.78, 5) is 14.8. The van der Waals surface area contributed by atoms with Crippen molar-refractivity contribution in [2.24, 2.45) is 13.0 Å². The van der Waals surface area contributed by atoms with E-state index in [9.17, 15) is 4.79 Å². The average Bonchev–Trinajstić information content (AvgIpc) is 3.18. The summed E-state index contributed by atoms with van der Waals surface area (Å²) in [5.74, 6) is 0.734. The molecule has 0 spiro atoms. The van der Waals surface area contributed by atoms with E-state index in [0.717, 1.165) is 36.2 Å². The largest absolute Gasteiger partial charge is 0.351 e. The maximum Gasteiger partial charge on any atom is 0.292 e. The normalized spacial score (nSPS) is 14.2. The summed E-state index contributed by atoms with van der Waals surface area (Å²) in [6, 6.07) is 12.0. The number of carbonyl (C=O) groups excluding carboxylic acids is 1. The number of fused-ring (bicyclic) bond motifs is 1. The topological polar surface area (TPSA) is 64.2 Å². The molecule has 28 heavy (non-hydrogen) atoms. The Labute approximate surface area is 165 Å². The van der Waals surface area contributed by atoms with Gasteiger partial charge in [0.15, 0.2) is 0 Å². The summed E-state index contributed by atoms with van der Waals surface area (Å²) >= 11 is 0. The highest BCUT2D eigenvalue weighted by atomic mass is 16.5. The second-order valence-corrected chi connectivity index (χ2v) is 7.84. The van der Waals surface area contributed by atoms with Gasteiger partial charge in [0, 0.05) is 49.4 Å². The summed E-state index contributed by atoms with van der Waals surface area (Å²) in [5.41, 5.74) is 5.42. The van der Waals surface area contributed by atoms with E-state index in [4.69, 9.17) is 9.62 Å². The van der Waals surface area contributed by atoms with Crippen LogP contribution < -0.4 is 0 Å². The highest BCUT2D eigenvalue weighted by Crippen LogP contribution is 2.28. The first-order valence-corrected chi connectivity index (χ1v) is 9.88. The molecule has 2 aromatic heterocycles. The maximum absolute atomic E-state index is 12.9. The summed E-state index contributed by atoms with van der Waals surface area (Å²) < 4.78 is 7.30. The van der Waals surface area contributed by atoms with Crippen molar-refractivity contribution in [3.05, 3.63) is 59.1 Å². The molecule has 6 heteroatoms. The Morgan fingerprint density at radius 3 is 2.68 bits per heavy atom. The van der Waals surface area contributed by atoms with Crippen LogP contribution in [0.4, 0.5) is 0 Å². The molecule has 146 valence electrons. The zero-order chi connectivity index (χ0) is 19.7. The van der Waals surface area contributed by atoms with E-state index in [2.05, 4.69) is 31.1 Å². The standard InChI is InChI=1S/C22H26N4O2/c1-15(2)13-17-14-20(28-24-17)22(27)26-11-9-18-19(10-12-26)25(3)23-21(18)16-7-5-4-6-8-16/h4-8,14-15H,9-13H2,1-3H3. The van der Waals surface area contributed by atoms with Gasteiger partial charge < -0.3 is 9.42 Å². The number of benzene rings is 1. The smallest absolute Gasteiger partial charge is 0.292 e. The van der Waals surface area contributed by atoms with Crippen molar-refractivity contribution in [2.45, 2.75) is 33.1 Å². The Hall–Kier alpha value is -2.89. The van der Waals surface area contributed by atoms with Crippen LogP contribution in [-0.4, -0.2) is 38.8 Å². The Morgan fingerprint density at radius 2 is 1.93 bits per heavy atom. The molecule has 4 rings (SSSR count). The molecule has 0 aliphatic carbocycles. The van der Waals surface area contributed by atoms with Gasteiger partial charge in [0.25, 0.3) is 5.91 Å². The highest BCUT2D eigenvalue weighted by Gasteiger charge is 2.27. The van der Waals surface area contributed by atoms with Crippen LogP contribution in [0.1, 0.15) is 41.4 Å². The Morgan fingerprint density at radius 1 is 1.18 bits per heavy atom. The van der Waals surface area contributed by atoms with Crippen LogP contribution in [0.5, 0.6) is 0 Å². The summed E-state index contributed by atoms with van der Waals surface area (Å²) in [5, 5.41) is 8.80. The minimum atomic E-state index is -0.0791. The molecule has 1 aromatic carbocycles. The van der Waals surface area contributed by atoms with E-state index in [1.54, 1.807) is 6.07 Å². The predicted molar refractivity (Wildman–Crippen MR) is 107 cm³/mol. The van der Waals surface area contributed by atoms with E-state index >= 15 is 0 Å². The van der Waals surface area contributed by atoms with Crippen molar-refractivity contribution in [1.29, 1.82) is 0 Å². The summed E-state index contributed by atoms with van der Waals surface area (Å²) in [7, 11) is 1.98. The van der Waals surface area contributed by atoms with Crippen molar-refractivity contribution >= 4 is 5.91 Å². The van der Waals surface area contributed by atoms with Crippen LogP contribution >= 0.6 is 0 Å². The minimum Gasteiger partial charge on any atom is -0.351 e. The van der Waals surface area contributed by atoms with Gasteiger partial charge >= 0.3 is 0 Å². The number of carbonyl (C=O) groups is 1. The van der Waals surface area contributed by atoms with Gasteiger partial charge in [0.05, 0.1) is 11.4 Å². The number of hydrogen-bond acceptors (Lipinski definition) is 4. The molecule has 1 aliphatic rings. The molecule has 0 saturated heterocycles. The van der Waals surface area contributed by atoms with Gasteiger partial charge in [-0.15, -0.1) is 0 Å². The van der Waals surface area contributed by atoms with Gasteiger partial charge in [0.1, 0.15) is 0 Å². The third-order valence-corrected chi connectivity index (χ3v) is 5.25. The minimum absolute atomic E-state index is 0.0791. The van der Waals surface area contributed by atoms with Crippen LogP contribution in [0, 0.1) is 5.92 Å². The SMILES string of the molecule is CC(C)Cc1cc(C(=O)N2CCc3c(-c4ccccc4)nn(C)c3CC2)on1. The van der Waals surface area contributed by atoms with Crippen LogP contribution in [0.2, 0.25) is 0 Å². The molecular formula is C22H26N4O2. The molecule has 1 aliphatic heterocycles. The number of aryl methyl sites for hydroxylation is 1. The second-order valence-electron chi connectivity index (χ2n) is 7.84. The molecular weight excluding hydrogens is 352 g/mol. The van der Waals surface area contributed by atoms with Gasteiger partial charge in [-0.3, -0.25) is 9.48 Å². The maximum atomic E-state index is 12.9. The van der Waals surface area contributed by atoms with Crippen LogP contribution in [0.25, 0.3) is 11.3 Å². The zero-order valence-corrected chi connectivity index (χ0v) is 16.7. The van der Waals surface area contributed by atoms with Gasteiger partial charge in [-0.2, -0.15) is 5.10 Å². The van der Waals surface area contributed by atoms with Gasteiger partial charge in [0.2, 0.25) is 5.76 Å². The van der Waals surface area contributed by atoms with E-state index in [1.807, 2.05) is 34.8 Å². The first-order chi connectivity index (χ1) is 13.5. The van der Waals surface area contributed by atoms with Crippen molar-refractivity contribution in [3.63, 3.8) is 0 Å². The summed E-state index contributed by atoms with van der Waals surface area (Å²) in [6.45, 7) is 5.55. The van der Waals surface area contributed by atoms with Crippen molar-refractivity contribution in [2.75, 3.05) is 13.1 Å². The quantitative estimate of drug-likeness (QED) is 0.697. The van der Waals surface area contributed by atoms with E-state index in [0.29, 0.717) is 24.8 Å². The molecule has 0 N–H and O–H groups in total. The lowest BCUT2D eigenvalue weighted by atomic mass is 10.0. The number of hydrogen-bond donors (Lipinski definition) is 0. The lowest BCUT2D eigenvalue weighted by Crippen LogP contribution is -2.33. The molecule has 0 saturated carbocycles. The molecule has 1 amide bonds. The Balaban J connectivity index is 1.53. The molecule has 0 fully saturated rings. The lowest BCUT2D eigenvalue weighted by Gasteiger charge is -2.18. The number of amides is 1. The third-order valence-electron chi connectivity index (χ3n) is 5.25. The first-order valence-electron chi connectivity index (χ1n) is 9.88. The molecule has 3 heterocycles. The molecule has 0 atom stereocenters. The molecule has 0 bridgehead atoms. The van der Waals surface area contributed by atoms with Gasteiger partial charge in [-0.05, 0) is 18.8 Å². The average molecular weight is 378 g/mol. The zero-order valence-electron chi connectivity index (χ0n) is 16.7. The molecule has 3 aromatic rings. The van der Waals surface area contributed by atoms with Crippen molar-refractivity contribution in [3.8, 4) is 11.3 Å². The van der Waals surface area contributed by atoms with Crippen LogP contribution in [-0.2, 0) is 26.3 Å². The summed E-state index contributed by atoms with van der Waals surface area (Å²) in [6.07, 6.45) is 2.38. The predicted octanol–water partition coefficient (Wildman–Crippen LogP) is 3.51. The molecule has 0 unspecified atom stereocenters. The lowest BCUT2D eigenvalue weighted by molar-refractivity contribution is 0.0720. The third kappa shape index (κ3) is 3.59. The fourth-order valence-corrected chi connectivity index (χ4v) is 3.89. The Kier molecular flexibility index (Phi) is 5.03. The second kappa shape index (κ2) is 7.62. The van der Waals surface area contributed by atoms with E-state index in [1.165, 1.54) is 11.3 Å². The number of nitrogens with zero attached hydrogens (tertiary/aromatic N) is 4. The van der Waals surface area contributed by atoms with Crippen molar-refractivity contribution < 1.29 is 9.32 Å². The highest BCUT2D eigenvalue weighted by molar-refractivity contribution is 5.91. The van der Waals surface area contributed by atoms with Gasteiger partial charge in [-0.1, -0.05) is 49.3 Å². The molecule has 6 nitrogen and oxygen atoms in total. The van der Waals surface area contributed by atoms with Crippen LogP contribution in [0.3, 0.4) is 0 Å². The van der Waals surface area contributed by atoms with E-state index < -0.39 is 0 Å². The van der Waals surface area contributed by atoms with Crippen LogP contribution in [0.15, 0.2) is 40.9 Å².